The van der Waals surface area contributed by atoms with Crippen molar-refractivity contribution in [2.75, 3.05) is 0 Å². The molecular weight excluding hydrogens is 332 g/mol. The van der Waals surface area contributed by atoms with Crippen LogP contribution in [0, 0.1) is 0 Å². The number of ketones is 2. The van der Waals surface area contributed by atoms with Crippen LogP contribution in [0.15, 0.2) is 60.7 Å². The minimum atomic E-state index is -0.926. The van der Waals surface area contributed by atoms with Crippen molar-refractivity contribution in [1.82, 2.24) is 0 Å². The minimum absolute atomic E-state index is 0.00438. The lowest BCUT2D eigenvalue weighted by atomic mass is 9.73. The van der Waals surface area contributed by atoms with E-state index < -0.39 is 17.5 Å². The van der Waals surface area contributed by atoms with E-state index in [2.05, 4.69) is 0 Å². The van der Waals surface area contributed by atoms with Crippen molar-refractivity contribution in [3.8, 4) is 17.2 Å². The van der Waals surface area contributed by atoms with Crippen LogP contribution in [0.1, 0.15) is 43.3 Å². The van der Waals surface area contributed by atoms with Gasteiger partial charge in [0, 0.05) is 0 Å². The van der Waals surface area contributed by atoms with Gasteiger partial charge in [-0.1, -0.05) is 36.4 Å². The quantitative estimate of drug-likeness (QED) is 0.619. The SMILES string of the molecule is O=C1c2c(O)cccc2C(C(=O)c2ccccc2O)c2cccc(O)c21. The highest BCUT2D eigenvalue weighted by Gasteiger charge is 2.39. The van der Waals surface area contributed by atoms with Gasteiger partial charge in [-0.25, -0.2) is 0 Å². The number of carbonyl (C=O) groups is 2. The zero-order valence-electron chi connectivity index (χ0n) is 13.5. The second-order valence-corrected chi connectivity index (χ2v) is 6.13. The summed E-state index contributed by atoms with van der Waals surface area (Å²) in [5, 5.41) is 30.5. The van der Waals surface area contributed by atoms with Crippen LogP contribution in [0.2, 0.25) is 0 Å². The van der Waals surface area contributed by atoms with Crippen LogP contribution in [0.3, 0.4) is 0 Å². The maximum Gasteiger partial charge on any atom is 0.201 e. The van der Waals surface area contributed by atoms with Crippen molar-refractivity contribution >= 4 is 11.6 Å². The highest BCUT2D eigenvalue weighted by atomic mass is 16.3. The molecule has 1 aliphatic carbocycles. The minimum Gasteiger partial charge on any atom is -0.507 e. The van der Waals surface area contributed by atoms with Crippen LogP contribution in [0.5, 0.6) is 17.2 Å². The molecule has 128 valence electrons. The molecule has 5 heteroatoms. The summed E-state index contributed by atoms with van der Waals surface area (Å²) in [6, 6.07) is 15.2. The van der Waals surface area contributed by atoms with Gasteiger partial charge in [-0.3, -0.25) is 9.59 Å². The summed E-state index contributed by atoms with van der Waals surface area (Å²) < 4.78 is 0. The standard InChI is InChI=1S/C21H14O5/c22-14-8-2-1-5-11(14)20(25)17-12-6-3-9-15(23)18(12)21(26)19-13(17)7-4-10-16(19)24/h1-10,17,22-24H. The molecule has 4 rings (SSSR count). The molecule has 3 N–H and O–H groups in total. The molecule has 0 spiro atoms. The monoisotopic (exact) mass is 346 g/mol. The van der Waals surface area contributed by atoms with Gasteiger partial charge in [0.05, 0.1) is 22.6 Å². The third-order valence-corrected chi connectivity index (χ3v) is 4.66. The van der Waals surface area contributed by atoms with E-state index in [4.69, 9.17) is 0 Å². The lowest BCUT2D eigenvalue weighted by molar-refractivity contribution is 0.0965. The second kappa shape index (κ2) is 5.74. The average molecular weight is 346 g/mol. The van der Waals surface area contributed by atoms with Gasteiger partial charge in [0.1, 0.15) is 17.2 Å². The largest absolute Gasteiger partial charge is 0.507 e. The normalized spacial score (nSPS) is 13.2. The number of para-hydroxylation sites is 1. The lowest BCUT2D eigenvalue weighted by Gasteiger charge is -2.27. The van der Waals surface area contributed by atoms with E-state index in [1.807, 2.05) is 0 Å². The first-order valence-electron chi connectivity index (χ1n) is 8.01. The fourth-order valence-corrected chi connectivity index (χ4v) is 3.50. The fraction of sp³-hybridized carbons (Fsp3) is 0.0476. The van der Waals surface area contributed by atoms with Crippen LogP contribution < -0.4 is 0 Å². The molecular formula is C21H14O5. The highest BCUT2D eigenvalue weighted by Crippen LogP contribution is 2.44. The summed E-state index contributed by atoms with van der Waals surface area (Å²) in [4.78, 5) is 26.1. The molecule has 26 heavy (non-hydrogen) atoms. The Morgan fingerprint density at radius 2 is 1.19 bits per heavy atom. The lowest BCUT2D eigenvalue weighted by Crippen LogP contribution is -2.25. The number of Topliss-reactive ketones (excluding diaryl/α,β-unsaturated/α-hetero) is 1. The predicted molar refractivity (Wildman–Crippen MR) is 93.9 cm³/mol. The smallest absolute Gasteiger partial charge is 0.201 e. The number of aromatic hydroxyl groups is 3. The number of fused-ring (bicyclic) bond motifs is 2. The number of phenols is 3. The Labute approximate surface area is 148 Å². The molecule has 0 fully saturated rings. The third kappa shape index (κ3) is 2.18. The Hall–Kier alpha value is -3.60. The van der Waals surface area contributed by atoms with E-state index in [0.717, 1.165) is 0 Å². The van der Waals surface area contributed by atoms with Gasteiger partial charge in [-0.15, -0.1) is 0 Å². The van der Waals surface area contributed by atoms with Gasteiger partial charge in [-0.05, 0) is 35.4 Å². The van der Waals surface area contributed by atoms with Crippen LogP contribution in [0.4, 0.5) is 0 Å². The van der Waals surface area contributed by atoms with Gasteiger partial charge in [0.15, 0.2) is 5.78 Å². The summed E-state index contributed by atoms with van der Waals surface area (Å²) in [5.41, 5.74) is 0.795. The van der Waals surface area contributed by atoms with Gasteiger partial charge in [0.2, 0.25) is 5.78 Å². The number of hydrogen-bond acceptors (Lipinski definition) is 5. The topological polar surface area (TPSA) is 94.8 Å². The highest BCUT2D eigenvalue weighted by molar-refractivity contribution is 6.19. The maximum absolute atomic E-state index is 13.2. The molecule has 0 saturated heterocycles. The third-order valence-electron chi connectivity index (χ3n) is 4.66. The Balaban J connectivity index is 2.02. The van der Waals surface area contributed by atoms with Gasteiger partial charge < -0.3 is 15.3 Å². The van der Waals surface area contributed by atoms with E-state index in [1.54, 1.807) is 36.4 Å². The molecule has 3 aromatic rings. The van der Waals surface area contributed by atoms with Crippen LogP contribution in [-0.2, 0) is 0 Å². The van der Waals surface area contributed by atoms with Gasteiger partial charge >= 0.3 is 0 Å². The number of benzene rings is 3. The second-order valence-electron chi connectivity index (χ2n) is 6.13. The van der Waals surface area contributed by atoms with Crippen LogP contribution in [-0.4, -0.2) is 26.9 Å². The zero-order valence-corrected chi connectivity index (χ0v) is 13.5. The molecule has 0 aromatic heterocycles. The van der Waals surface area contributed by atoms with Gasteiger partial charge in [0.25, 0.3) is 0 Å². The molecule has 0 aliphatic heterocycles. The van der Waals surface area contributed by atoms with E-state index in [9.17, 15) is 24.9 Å². The van der Waals surface area contributed by atoms with Crippen molar-refractivity contribution in [2.45, 2.75) is 5.92 Å². The Kier molecular flexibility index (Phi) is 3.51. The predicted octanol–water partition coefficient (Wildman–Crippen LogP) is 3.36. The summed E-state index contributed by atoms with van der Waals surface area (Å²) in [7, 11) is 0. The molecule has 0 unspecified atom stereocenters. The molecule has 0 amide bonds. The van der Waals surface area contributed by atoms with E-state index in [-0.39, 0.29) is 33.9 Å². The number of rotatable bonds is 2. The summed E-state index contributed by atoms with van der Waals surface area (Å²) in [5.74, 6) is -2.56. The van der Waals surface area contributed by atoms with Crippen LogP contribution in [0.25, 0.3) is 0 Å². The molecule has 0 bridgehead atoms. The van der Waals surface area contributed by atoms with Crippen molar-refractivity contribution in [2.24, 2.45) is 0 Å². The van der Waals surface area contributed by atoms with E-state index in [0.29, 0.717) is 11.1 Å². The first-order chi connectivity index (χ1) is 12.5. The van der Waals surface area contributed by atoms with E-state index >= 15 is 0 Å². The van der Waals surface area contributed by atoms with Crippen molar-refractivity contribution in [3.05, 3.63) is 88.5 Å². The van der Waals surface area contributed by atoms with Gasteiger partial charge in [-0.2, -0.15) is 0 Å². The Bertz CT molecular complexity index is 1010. The van der Waals surface area contributed by atoms with Crippen molar-refractivity contribution in [3.63, 3.8) is 0 Å². The Morgan fingerprint density at radius 1 is 0.692 bits per heavy atom. The zero-order chi connectivity index (χ0) is 18.4. The molecule has 0 heterocycles. The summed E-state index contributed by atoms with van der Waals surface area (Å²) in [6.45, 7) is 0. The number of carbonyl (C=O) groups excluding carboxylic acids is 2. The molecule has 0 atom stereocenters. The van der Waals surface area contributed by atoms with E-state index in [1.165, 1.54) is 24.3 Å². The molecule has 1 aliphatic rings. The van der Waals surface area contributed by atoms with Crippen LogP contribution >= 0.6 is 0 Å². The number of hydrogen-bond donors (Lipinski definition) is 3. The maximum atomic E-state index is 13.2. The Morgan fingerprint density at radius 3 is 1.73 bits per heavy atom. The van der Waals surface area contributed by atoms with Crippen molar-refractivity contribution < 1.29 is 24.9 Å². The molecule has 0 saturated carbocycles. The molecule has 0 radical (unpaired) electrons. The first-order valence-corrected chi connectivity index (χ1v) is 8.01. The summed E-state index contributed by atoms with van der Waals surface area (Å²) in [6.07, 6.45) is 0. The average Bonchev–Trinajstić information content (AvgIpc) is 2.62. The molecule has 5 nitrogen and oxygen atoms in total. The van der Waals surface area contributed by atoms with Crippen molar-refractivity contribution in [1.29, 1.82) is 0 Å². The fourth-order valence-electron chi connectivity index (χ4n) is 3.50. The first kappa shape index (κ1) is 15.9. The molecule has 3 aromatic carbocycles. The number of phenolic OH excluding ortho intramolecular Hbond substituents is 3. The summed E-state index contributed by atoms with van der Waals surface area (Å²) >= 11 is 0.